The molecule has 0 fully saturated rings. The smallest absolute Gasteiger partial charge is 0.135 e. The number of nitrogens with zero attached hydrogens (tertiary/aromatic N) is 1. The van der Waals surface area contributed by atoms with Gasteiger partial charge in [0.05, 0.1) is 6.54 Å². The zero-order chi connectivity index (χ0) is 12.8. The maximum absolute atomic E-state index is 4.58. The number of hydrogen-bond acceptors (Lipinski definition) is 2. The molecule has 0 amide bonds. The minimum Gasteiger partial charge on any atom is -0.306 e. The summed E-state index contributed by atoms with van der Waals surface area (Å²) in [4.78, 5) is 4.58. The van der Waals surface area contributed by atoms with Crippen molar-refractivity contribution in [3.05, 3.63) is 47.0 Å². The van der Waals surface area contributed by atoms with Gasteiger partial charge in [0.25, 0.3) is 0 Å². The predicted molar refractivity (Wildman–Crippen MR) is 76.4 cm³/mol. The van der Waals surface area contributed by atoms with Crippen molar-refractivity contribution in [2.45, 2.75) is 33.2 Å². The Bertz CT molecular complexity index is 443. The largest absolute Gasteiger partial charge is 0.306 e. The Hall–Kier alpha value is -1.61. The van der Waals surface area contributed by atoms with E-state index in [4.69, 9.17) is 0 Å². The topological polar surface area (TPSA) is 36.4 Å². The van der Waals surface area contributed by atoms with Crippen LogP contribution in [0.1, 0.15) is 30.9 Å². The van der Waals surface area contributed by atoms with Gasteiger partial charge in [-0.05, 0) is 25.0 Å². The highest BCUT2D eigenvalue weighted by Gasteiger charge is 2.05. The molecule has 0 unspecified atom stereocenters. The Balaban J connectivity index is 2.00. The Labute approximate surface area is 109 Å². The maximum atomic E-state index is 4.58. The predicted octanol–water partition coefficient (Wildman–Crippen LogP) is 2.73. The molecule has 1 heterocycles. The fourth-order valence-electron chi connectivity index (χ4n) is 1.97. The molecule has 0 aliphatic carbocycles. The molecular weight excluding hydrogens is 222 g/mol. The van der Waals surface area contributed by atoms with Crippen LogP contribution >= 0.6 is 0 Å². The average molecular weight is 243 g/mol. The quantitative estimate of drug-likeness (QED) is 0.853. The van der Waals surface area contributed by atoms with Crippen LogP contribution in [0.4, 0.5) is 0 Å². The normalized spacial score (nSPS) is 17.4. The van der Waals surface area contributed by atoms with E-state index in [1.165, 1.54) is 23.1 Å². The van der Waals surface area contributed by atoms with E-state index in [2.05, 4.69) is 60.0 Å². The molecule has 0 aromatic heterocycles. The Kier molecular flexibility index (Phi) is 4.53. The molecule has 2 rings (SSSR count). The molecule has 1 aromatic carbocycles. The van der Waals surface area contributed by atoms with Crippen molar-refractivity contribution < 1.29 is 0 Å². The van der Waals surface area contributed by atoms with Crippen LogP contribution in [0.25, 0.3) is 0 Å². The summed E-state index contributed by atoms with van der Waals surface area (Å²) in [5, 5.41) is 0. The summed E-state index contributed by atoms with van der Waals surface area (Å²) in [7, 11) is 0. The number of benzene rings is 1. The van der Waals surface area contributed by atoms with E-state index >= 15 is 0 Å². The number of aryl methyl sites for hydroxylation is 1. The first kappa shape index (κ1) is 12.8. The lowest BCUT2D eigenvalue weighted by Crippen LogP contribution is -2.41. The van der Waals surface area contributed by atoms with Crippen molar-refractivity contribution in [3.8, 4) is 0 Å². The highest BCUT2D eigenvalue weighted by molar-refractivity contribution is 5.93. The van der Waals surface area contributed by atoms with E-state index in [1.54, 1.807) is 0 Å². The highest BCUT2D eigenvalue weighted by Crippen LogP contribution is 2.08. The van der Waals surface area contributed by atoms with Crippen LogP contribution in [0, 0.1) is 6.92 Å². The Morgan fingerprint density at radius 3 is 2.72 bits per heavy atom. The van der Waals surface area contributed by atoms with Gasteiger partial charge in [0.1, 0.15) is 5.84 Å². The first-order chi connectivity index (χ1) is 8.78. The van der Waals surface area contributed by atoms with Crippen LogP contribution in [0.2, 0.25) is 0 Å². The second-order valence-corrected chi connectivity index (χ2v) is 4.72. The van der Waals surface area contributed by atoms with E-state index in [0.717, 1.165) is 25.3 Å². The molecule has 0 spiro atoms. The van der Waals surface area contributed by atoms with Crippen molar-refractivity contribution in [1.29, 1.82) is 0 Å². The Morgan fingerprint density at radius 1 is 1.22 bits per heavy atom. The third-order valence-electron chi connectivity index (χ3n) is 3.00. The third-order valence-corrected chi connectivity index (χ3v) is 3.00. The van der Waals surface area contributed by atoms with Crippen molar-refractivity contribution in [3.63, 3.8) is 0 Å². The molecule has 1 aliphatic heterocycles. The molecule has 3 nitrogen and oxygen atoms in total. The summed E-state index contributed by atoms with van der Waals surface area (Å²) in [6.45, 7) is 5.94. The lowest BCUT2D eigenvalue weighted by Gasteiger charge is -2.17. The van der Waals surface area contributed by atoms with Crippen LogP contribution in [0.15, 0.2) is 40.9 Å². The van der Waals surface area contributed by atoms with Gasteiger partial charge < -0.3 is 5.43 Å². The zero-order valence-electron chi connectivity index (χ0n) is 11.2. The molecule has 96 valence electrons. The summed E-state index contributed by atoms with van der Waals surface area (Å²) in [6.07, 6.45) is 4.48. The number of aliphatic imine (C=N–C) groups is 1. The van der Waals surface area contributed by atoms with E-state index < -0.39 is 0 Å². The SMILES string of the molecule is CCCC1=CC(=NCc2ccc(C)cc2)NNC1. The van der Waals surface area contributed by atoms with E-state index in [0.29, 0.717) is 0 Å². The van der Waals surface area contributed by atoms with Gasteiger partial charge in [0.2, 0.25) is 0 Å². The fraction of sp³-hybridized carbons (Fsp3) is 0.400. The molecule has 0 radical (unpaired) electrons. The van der Waals surface area contributed by atoms with Crippen molar-refractivity contribution in [2.24, 2.45) is 4.99 Å². The second kappa shape index (κ2) is 6.36. The van der Waals surface area contributed by atoms with Gasteiger partial charge in [0, 0.05) is 6.54 Å². The Morgan fingerprint density at radius 2 is 2.00 bits per heavy atom. The molecule has 0 atom stereocenters. The molecule has 2 N–H and O–H groups in total. The minimum atomic E-state index is 0.722. The summed E-state index contributed by atoms with van der Waals surface area (Å²) in [6, 6.07) is 8.51. The summed E-state index contributed by atoms with van der Waals surface area (Å²) in [5.41, 5.74) is 10.2. The monoisotopic (exact) mass is 243 g/mol. The highest BCUT2D eigenvalue weighted by atomic mass is 15.4. The van der Waals surface area contributed by atoms with Gasteiger partial charge in [-0.25, -0.2) is 5.43 Å². The first-order valence-corrected chi connectivity index (χ1v) is 6.56. The van der Waals surface area contributed by atoms with Gasteiger partial charge in [-0.3, -0.25) is 4.99 Å². The van der Waals surface area contributed by atoms with Crippen LogP contribution in [-0.2, 0) is 6.54 Å². The van der Waals surface area contributed by atoms with E-state index in [1.807, 2.05) is 0 Å². The standard InChI is InChI=1S/C15H21N3/c1-3-4-14-9-15(18-17-11-14)16-10-13-7-5-12(2)6-8-13/h5-9,17H,3-4,10-11H2,1-2H3,(H,16,18). The molecule has 18 heavy (non-hydrogen) atoms. The lowest BCUT2D eigenvalue weighted by molar-refractivity contribution is 0.658. The van der Waals surface area contributed by atoms with Crippen LogP contribution in [-0.4, -0.2) is 12.4 Å². The molecule has 0 bridgehead atoms. The molecular formula is C15H21N3. The summed E-state index contributed by atoms with van der Waals surface area (Å²) >= 11 is 0. The van der Waals surface area contributed by atoms with Gasteiger partial charge in [-0.1, -0.05) is 48.7 Å². The number of nitrogens with one attached hydrogen (secondary N) is 2. The molecule has 0 saturated heterocycles. The van der Waals surface area contributed by atoms with Gasteiger partial charge in [0.15, 0.2) is 0 Å². The molecule has 3 heteroatoms. The van der Waals surface area contributed by atoms with E-state index in [9.17, 15) is 0 Å². The van der Waals surface area contributed by atoms with Gasteiger partial charge >= 0.3 is 0 Å². The van der Waals surface area contributed by atoms with Crippen LogP contribution in [0.5, 0.6) is 0 Å². The lowest BCUT2D eigenvalue weighted by atomic mass is 10.1. The second-order valence-electron chi connectivity index (χ2n) is 4.72. The molecule has 0 saturated carbocycles. The summed E-state index contributed by atoms with van der Waals surface area (Å²) < 4.78 is 0. The number of hydrogen-bond donors (Lipinski definition) is 2. The number of rotatable bonds is 4. The van der Waals surface area contributed by atoms with Gasteiger partial charge in [-0.2, -0.15) is 0 Å². The minimum absolute atomic E-state index is 0.722. The van der Waals surface area contributed by atoms with Crippen molar-refractivity contribution in [2.75, 3.05) is 6.54 Å². The van der Waals surface area contributed by atoms with E-state index in [-0.39, 0.29) is 0 Å². The zero-order valence-corrected chi connectivity index (χ0v) is 11.2. The third kappa shape index (κ3) is 3.70. The first-order valence-electron chi connectivity index (χ1n) is 6.56. The van der Waals surface area contributed by atoms with Crippen molar-refractivity contribution in [1.82, 2.24) is 10.9 Å². The van der Waals surface area contributed by atoms with Gasteiger partial charge in [-0.15, -0.1) is 0 Å². The number of amidine groups is 1. The summed E-state index contributed by atoms with van der Waals surface area (Å²) in [5.74, 6) is 0.935. The fourth-order valence-corrected chi connectivity index (χ4v) is 1.97. The maximum Gasteiger partial charge on any atom is 0.135 e. The average Bonchev–Trinajstić information content (AvgIpc) is 2.39. The van der Waals surface area contributed by atoms with Crippen molar-refractivity contribution >= 4 is 5.84 Å². The van der Waals surface area contributed by atoms with Crippen LogP contribution < -0.4 is 10.9 Å². The molecule has 1 aromatic rings. The van der Waals surface area contributed by atoms with Crippen LogP contribution in [0.3, 0.4) is 0 Å². The number of hydrazine groups is 1. The molecule has 1 aliphatic rings.